The number of rotatable bonds is 8. The summed E-state index contributed by atoms with van der Waals surface area (Å²) in [6, 6.07) is 19.0. The maximum Gasteiger partial charge on any atom is 0.240 e. The third-order valence-corrected chi connectivity index (χ3v) is 7.04. The van der Waals surface area contributed by atoms with Crippen LogP contribution in [0, 0.1) is 12.7 Å². The second-order valence-electron chi connectivity index (χ2n) is 9.81. The van der Waals surface area contributed by atoms with Crippen molar-refractivity contribution < 1.29 is 13.9 Å². The van der Waals surface area contributed by atoms with Crippen molar-refractivity contribution in [3.8, 4) is 5.75 Å². The van der Waals surface area contributed by atoms with Gasteiger partial charge in [0.15, 0.2) is 5.82 Å². The molecule has 1 aliphatic rings. The Morgan fingerprint density at radius 3 is 2.73 bits per heavy atom. The summed E-state index contributed by atoms with van der Waals surface area (Å²) in [6.07, 6.45) is 1.86. The number of aryl methyl sites for hydroxylation is 1. The van der Waals surface area contributed by atoms with Crippen LogP contribution in [0.25, 0.3) is 10.9 Å². The SMILES string of the molecule is COc1cccc2c1c(Nc1ccc(C)c(F)c1)nn2Cc1cccc(CNC(=O)[C@]2(C)CCCN2)c1. The van der Waals surface area contributed by atoms with Crippen LogP contribution in [0.3, 0.4) is 0 Å². The maximum atomic E-state index is 14.2. The van der Waals surface area contributed by atoms with Crippen molar-refractivity contribution in [3.05, 3.63) is 83.2 Å². The van der Waals surface area contributed by atoms with Gasteiger partial charge in [0.1, 0.15) is 11.6 Å². The summed E-state index contributed by atoms with van der Waals surface area (Å²) in [6.45, 7) is 5.55. The van der Waals surface area contributed by atoms with Crippen LogP contribution in [0.15, 0.2) is 60.7 Å². The number of anilines is 2. The van der Waals surface area contributed by atoms with E-state index in [0.29, 0.717) is 35.9 Å². The van der Waals surface area contributed by atoms with Crippen molar-refractivity contribution >= 4 is 28.3 Å². The third-order valence-electron chi connectivity index (χ3n) is 7.04. The lowest BCUT2D eigenvalue weighted by molar-refractivity contribution is -0.126. The molecule has 4 aromatic rings. The number of hydrogen-bond donors (Lipinski definition) is 3. The highest BCUT2D eigenvalue weighted by Crippen LogP contribution is 2.34. The van der Waals surface area contributed by atoms with Crippen LogP contribution >= 0.6 is 0 Å². The molecule has 1 aromatic heterocycles. The maximum absolute atomic E-state index is 14.2. The molecule has 0 aliphatic carbocycles. The van der Waals surface area contributed by atoms with E-state index in [1.165, 1.54) is 6.07 Å². The Hall–Kier alpha value is -3.91. The number of amides is 1. The molecule has 1 aliphatic heterocycles. The number of hydrogen-bond acceptors (Lipinski definition) is 5. The van der Waals surface area contributed by atoms with Crippen molar-refractivity contribution in [3.63, 3.8) is 0 Å². The van der Waals surface area contributed by atoms with Gasteiger partial charge in [-0.05, 0) is 74.2 Å². The molecule has 8 heteroatoms. The van der Waals surface area contributed by atoms with Crippen LogP contribution in [0.2, 0.25) is 0 Å². The molecule has 3 N–H and O–H groups in total. The average Bonchev–Trinajstić information content (AvgIpc) is 3.49. The van der Waals surface area contributed by atoms with Crippen LogP contribution < -0.4 is 20.7 Å². The summed E-state index contributed by atoms with van der Waals surface area (Å²) in [5.41, 5.74) is 3.68. The lowest BCUT2D eigenvalue weighted by atomic mass is 9.99. The number of halogens is 1. The molecule has 1 fully saturated rings. The second-order valence-corrected chi connectivity index (χ2v) is 9.81. The molecular formula is C29H32FN5O2. The zero-order valence-corrected chi connectivity index (χ0v) is 21.4. The normalized spacial score (nSPS) is 17.2. The Morgan fingerprint density at radius 1 is 1.16 bits per heavy atom. The molecule has 37 heavy (non-hydrogen) atoms. The molecule has 3 aromatic carbocycles. The van der Waals surface area contributed by atoms with Crippen LogP contribution in [0.4, 0.5) is 15.9 Å². The average molecular weight is 502 g/mol. The Kier molecular flexibility index (Phi) is 6.84. The standard InChI is InChI=1S/C29H32FN5O2/c1-19-11-12-22(16-23(19)30)33-27-26-24(9-5-10-25(26)37-3)35(34-27)18-21-8-4-7-20(15-21)17-31-28(36)29(2)13-6-14-32-29/h4-5,7-12,15-16,32H,6,13-14,17-18H2,1-3H3,(H,31,36)(H,33,34)/t29-/m0/s1. The van der Waals surface area contributed by atoms with Gasteiger partial charge in [-0.15, -0.1) is 0 Å². The second kappa shape index (κ2) is 10.2. The molecule has 0 saturated carbocycles. The van der Waals surface area contributed by atoms with Crippen LogP contribution in [-0.4, -0.2) is 34.9 Å². The van der Waals surface area contributed by atoms with Gasteiger partial charge >= 0.3 is 0 Å². The predicted molar refractivity (Wildman–Crippen MR) is 144 cm³/mol. The summed E-state index contributed by atoms with van der Waals surface area (Å²) >= 11 is 0. The lowest BCUT2D eigenvalue weighted by Crippen LogP contribution is -2.50. The van der Waals surface area contributed by atoms with Crippen molar-refractivity contribution in [1.29, 1.82) is 0 Å². The fraction of sp³-hybridized carbons (Fsp3) is 0.310. The van der Waals surface area contributed by atoms with Crippen molar-refractivity contribution in [2.45, 2.75) is 45.3 Å². The summed E-state index contributed by atoms with van der Waals surface area (Å²) in [5.74, 6) is 1.03. The minimum absolute atomic E-state index is 0.0313. The molecule has 7 nitrogen and oxygen atoms in total. The number of fused-ring (bicyclic) bond motifs is 1. The van der Waals surface area contributed by atoms with E-state index >= 15 is 0 Å². The molecule has 192 valence electrons. The number of methoxy groups -OCH3 is 1. The third kappa shape index (κ3) is 5.15. The molecule has 0 spiro atoms. The zero-order valence-electron chi connectivity index (χ0n) is 21.4. The quantitative estimate of drug-likeness (QED) is 0.315. The number of nitrogens with zero attached hydrogens (tertiary/aromatic N) is 2. The van der Waals surface area contributed by atoms with Gasteiger partial charge in [-0.3, -0.25) is 9.48 Å². The highest BCUT2D eigenvalue weighted by molar-refractivity contribution is 5.97. The first-order valence-electron chi connectivity index (χ1n) is 12.5. The van der Waals surface area contributed by atoms with E-state index in [1.54, 1.807) is 20.1 Å². The van der Waals surface area contributed by atoms with Crippen molar-refractivity contribution in [1.82, 2.24) is 20.4 Å². The van der Waals surface area contributed by atoms with Gasteiger partial charge in [0.2, 0.25) is 5.91 Å². The first-order chi connectivity index (χ1) is 17.9. The lowest BCUT2D eigenvalue weighted by Gasteiger charge is -2.23. The van der Waals surface area contributed by atoms with E-state index in [4.69, 9.17) is 9.84 Å². The van der Waals surface area contributed by atoms with Crippen LogP contribution in [-0.2, 0) is 17.9 Å². The molecule has 0 radical (unpaired) electrons. The minimum Gasteiger partial charge on any atom is -0.496 e. The van der Waals surface area contributed by atoms with Crippen molar-refractivity contribution in [2.75, 3.05) is 19.0 Å². The first kappa shape index (κ1) is 24.8. The van der Waals surface area contributed by atoms with Gasteiger partial charge in [0.05, 0.1) is 30.1 Å². The predicted octanol–water partition coefficient (Wildman–Crippen LogP) is 5.04. The van der Waals surface area contributed by atoms with E-state index < -0.39 is 5.54 Å². The highest BCUT2D eigenvalue weighted by atomic mass is 19.1. The Bertz CT molecular complexity index is 1440. The van der Waals surface area contributed by atoms with Gasteiger partial charge in [-0.2, -0.15) is 5.10 Å². The molecule has 1 amide bonds. The number of carbonyl (C=O) groups is 1. The topological polar surface area (TPSA) is 80.2 Å². The van der Waals surface area contributed by atoms with E-state index in [-0.39, 0.29) is 11.7 Å². The molecule has 1 atom stereocenters. The number of carbonyl (C=O) groups excluding carboxylic acids is 1. The minimum atomic E-state index is -0.492. The number of aromatic nitrogens is 2. The van der Waals surface area contributed by atoms with E-state index in [9.17, 15) is 9.18 Å². The van der Waals surface area contributed by atoms with Gasteiger partial charge < -0.3 is 20.7 Å². The van der Waals surface area contributed by atoms with Gasteiger partial charge in [0, 0.05) is 12.2 Å². The van der Waals surface area contributed by atoms with Gasteiger partial charge in [-0.1, -0.05) is 36.4 Å². The van der Waals surface area contributed by atoms with Crippen LogP contribution in [0.5, 0.6) is 5.75 Å². The highest BCUT2D eigenvalue weighted by Gasteiger charge is 2.35. The Morgan fingerprint density at radius 2 is 1.97 bits per heavy atom. The van der Waals surface area contributed by atoms with Crippen molar-refractivity contribution in [2.24, 2.45) is 0 Å². The smallest absolute Gasteiger partial charge is 0.240 e. The number of ether oxygens (including phenoxy) is 1. The zero-order chi connectivity index (χ0) is 26.0. The molecular weight excluding hydrogens is 469 g/mol. The molecule has 1 saturated heterocycles. The summed E-state index contributed by atoms with van der Waals surface area (Å²) in [7, 11) is 1.63. The van der Waals surface area contributed by atoms with Crippen LogP contribution in [0.1, 0.15) is 36.5 Å². The Balaban J connectivity index is 1.39. The molecule has 2 heterocycles. The fourth-order valence-corrected chi connectivity index (χ4v) is 4.86. The number of nitrogens with one attached hydrogen (secondary N) is 3. The monoisotopic (exact) mass is 501 g/mol. The largest absolute Gasteiger partial charge is 0.496 e. The van der Waals surface area contributed by atoms with E-state index in [2.05, 4.69) is 22.0 Å². The van der Waals surface area contributed by atoms with E-state index in [1.807, 2.05) is 54.1 Å². The summed E-state index contributed by atoms with van der Waals surface area (Å²) < 4.78 is 21.7. The van der Waals surface area contributed by atoms with E-state index in [0.717, 1.165) is 41.4 Å². The molecule has 0 unspecified atom stereocenters. The summed E-state index contributed by atoms with van der Waals surface area (Å²) in [4.78, 5) is 12.7. The van der Waals surface area contributed by atoms with Gasteiger partial charge in [-0.25, -0.2) is 4.39 Å². The summed E-state index contributed by atoms with van der Waals surface area (Å²) in [5, 5.41) is 15.3. The molecule has 0 bridgehead atoms. The number of benzene rings is 3. The first-order valence-corrected chi connectivity index (χ1v) is 12.5. The molecule has 5 rings (SSSR count). The Labute approximate surface area is 216 Å². The van der Waals surface area contributed by atoms with Gasteiger partial charge in [0.25, 0.3) is 0 Å². The fourth-order valence-electron chi connectivity index (χ4n) is 4.86.